The Morgan fingerprint density at radius 2 is 1.80 bits per heavy atom. The van der Waals surface area contributed by atoms with Crippen molar-refractivity contribution >= 4 is 22.4 Å². The van der Waals surface area contributed by atoms with Gasteiger partial charge in [0.1, 0.15) is 11.6 Å². The van der Waals surface area contributed by atoms with Crippen molar-refractivity contribution in [2.24, 2.45) is 5.41 Å². The van der Waals surface area contributed by atoms with Crippen LogP contribution in [-0.2, 0) is 10.9 Å². The Hall–Kier alpha value is -3.27. The molecule has 1 aliphatic carbocycles. The fourth-order valence-electron chi connectivity index (χ4n) is 4.06. The second kappa shape index (κ2) is 9.41. The number of nitrogens with zero attached hydrogens (tertiary/aromatic N) is 2. The van der Waals surface area contributed by atoms with Gasteiger partial charge in [0, 0.05) is 29.7 Å². The Bertz CT molecular complexity index is 1230. The molecular formula is C25H29F3N4O3. The SMILES string of the molecule is COCC1(COc2cc3c(N[C@H](C)c4cc(N)cc(C(F)(F)F)c4)nc(C)nc3cc2OC)CC1. The molecule has 0 amide bonds. The Morgan fingerprint density at radius 3 is 2.43 bits per heavy atom. The van der Waals surface area contributed by atoms with E-state index < -0.39 is 17.8 Å². The topological polar surface area (TPSA) is 91.5 Å². The third-order valence-electron chi connectivity index (χ3n) is 6.19. The summed E-state index contributed by atoms with van der Waals surface area (Å²) in [5.41, 5.74) is 6.02. The van der Waals surface area contributed by atoms with E-state index in [1.54, 1.807) is 40.2 Å². The highest BCUT2D eigenvalue weighted by molar-refractivity contribution is 5.92. The number of rotatable bonds is 9. The van der Waals surface area contributed by atoms with Crippen LogP contribution in [0.15, 0.2) is 30.3 Å². The number of aryl methyl sites for hydroxylation is 1. The van der Waals surface area contributed by atoms with E-state index in [1.807, 2.05) is 0 Å². The van der Waals surface area contributed by atoms with E-state index in [0.29, 0.717) is 52.8 Å². The minimum atomic E-state index is -4.49. The molecule has 7 nitrogen and oxygen atoms in total. The number of ether oxygens (including phenoxy) is 3. The van der Waals surface area contributed by atoms with Gasteiger partial charge in [-0.3, -0.25) is 0 Å². The Balaban J connectivity index is 1.67. The van der Waals surface area contributed by atoms with Crippen molar-refractivity contribution in [3.63, 3.8) is 0 Å². The lowest BCUT2D eigenvalue weighted by molar-refractivity contribution is -0.137. The first-order valence-corrected chi connectivity index (χ1v) is 11.3. The molecule has 1 aromatic heterocycles. The number of halogens is 3. The number of nitrogens with two attached hydrogens (primary N) is 1. The third kappa shape index (κ3) is 5.53. The van der Waals surface area contributed by atoms with Gasteiger partial charge in [0.25, 0.3) is 0 Å². The summed E-state index contributed by atoms with van der Waals surface area (Å²) in [6.45, 7) is 4.60. The minimum Gasteiger partial charge on any atom is -0.493 e. The summed E-state index contributed by atoms with van der Waals surface area (Å²) in [5.74, 6) is 2.05. The van der Waals surface area contributed by atoms with E-state index in [0.717, 1.165) is 25.0 Å². The molecule has 1 atom stereocenters. The highest BCUT2D eigenvalue weighted by Gasteiger charge is 2.43. The zero-order valence-corrected chi connectivity index (χ0v) is 20.1. The summed E-state index contributed by atoms with van der Waals surface area (Å²) >= 11 is 0. The summed E-state index contributed by atoms with van der Waals surface area (Å²) in [7, 11) is 3.23. The standard InChI is InChI=1S/C25H29F3N4O3/c1-14(16-7-17(25(26,27)28)9-18(29)8-16)30-23-19-10-22(35-13-24(5-6-24)12-33-3)21(34-4)11-20(19)31-15(2)32-23/h7-11,14H,5-6,12-13,29H2,1-4H3,(H,30,31,32)/t14-/m1/s1. The van der Waals surface area contributed by atoms with Crippen LogP contribution < -0.4 is 20.5 Å². The smallest absolute Gasteiger partial charge is 0.416 e. The average Bonchev–Trinajstić information content (AvgIpc) is 3.56. The van der Waals surface area contributed by atoms with Crippen molar-refractivity contribution in [1.29, 1.82) is 0 Å². The maximum atomic E-state index is 13.3. The Morgan fingerprint density at radius 1 is 1.06 bits per heavy atom. The van der Waals surface area contributed by atoms with Crippen LogP contribution in [0.5, 0.6) is 11.5 Å². The molecule has 2 aromatic carbocycles. The van der Waals surface area contributed by atoms with Gasteiger partial charge < -0.3 is 25.3 Å². The molecule has 4 rings (SSSR count). The summed E-state index contributed by atoms with van der Waals surface area (Å²) in [5, 5.41) is 3.89. The van der Waals surface area contributed by atoms with Crippen LogP contribution in [0, 0.1) is 12.3 Å². The predicted octanol–water partition coefficient (Wildman–Crippen LogP) is 5.53. The fourth-order valence-corrected chi connectivity index (χ4v) is 4.06. The largest absolute Gasteiger partial charge is 0.493 e. The van der Waals surface area contributed by atoms with E-state index in [4.69, 9.17) is 19.9 Å². The number of aromatic nitrogens is 2. The molecule has 0 radical (unpaired) electrons. The predicted molar refractivity (Wildman–Crippen MR) is 128 cm³/mol. The van der Waals surface area contributed by atoms with Crippen LogP contribution in [0.2, 0.25) is 0 Å². The average molecular weight is 491 g/mol. The Kier molecular flexibility index (Phi) is 6.68. The van der Waals surface area contributed by atoms with Gasteiger partial charge in [-0.1, -0.05) is 0 Å². The molecule has 1 aliphatic rings. The first-order chi connectivity index (χ1) is 16.5. The maximum Gasteiger partial charge on any atom is 0.416 e. The number of nitrogen functional groups attached to an aromatic ring is 1. The van der Waals surface area contributed by atoms with Crippen molar-refractivity contribution in [2.75, 3.05) is 38.5 Å². The molecule has 0 unspecified atom stereocenters. The highest BCUT2D eigenvalue weighted by Crippen LogP contribution is 2.47. The van der Waals surface area contributed by atoms with Crippen LogP contribution in [-0.4, -0.2) is 37.4 Å². The monoisotopic (exact) mass is 490 g/mol. The van der Waals surface area contributed by atoms with Gasteiger partial charge in [0.2, 0.25) is 0 Å². The lowest BCUT2D eigenvalue weighted by Crippen LogP contribution is -2.18. The van der Waals surface area contributed by atoms with Crippen molar-refractivity contribution in [1.82, 2.24) is 9.97 Å². The summed E-state index contributed by atoms with van der Waals surface area (Å²) in [4.78, 5) is 9.02. The third-order valence-corrected chi connectivity index (χ3v) is 6.19. The van der Waals surface area contributed by atoms with E-state index in [1.165, 1.54) is 6.07 Å². The van der Waals surface area contributed by atoms with Crippen LogP contribution in [0.25, 0.3) is 10.9 Å². The number of hydrogen-bond donors (Lipinski definition) is 2. The molecular weight excluding hydrogens is 461 g/mol. The quantitative estimate of drug-likeness (QED) is 0.381. The fraction of sp³-hybridized carbons (Fsp3) is 0.440. The van der Waals surface area contributed by atoms with Crippen LogP contribution in [0.1, 0.15) is 42.8 Å². The van der Waals surface area contributed by atoms with Gasteiger partial charge in [-0.15, -0.1) is 0 Å². The number of benzene rings is 2. The first-order valence-electron chi connectivity index (χ1n) is 11.3. The zero-order valence-electron chi connectivity index (χ0n) is 20.1. The minimum absolute atomic E-state index is 0.0114. The lowest BCUT2D eigenvalue weighted by atomic mass is 10.0. The van der Waals surface area contributed by atoms with Gasteiger partial charge in [-0.2, -0.15) is 13.2 Å². The lowest BCUT2D eigenvalue weighted by Gasteiger charge is -2.20. The molecule has 0 bridgehead atoms. The van der Waals surface area contributed by atoms with E-state index in [-0.39, 0.29) is 11.1 Å². The summed E-state index contributed by atoms with van der Waals surface area (Å²) < 4.78 is 56.9. The second-order valence-corrected chi connectivity index (χ2v) is 9.11. The summed E-state index contributed by atoms with van der Waals surface area (Å²) in [6.07, 6.45) is -2.43. The van der Waals surface area contributed by atoms with Crippen molar-refractivity contribution in [3.05, 3.63) is 47.3 Å². The molecule has 0 aliphatic heterocycles. The van der Waals surface area contributed by atoms with Crippen molar-refractivity contribution in [2.45, 2.75) is 38.9 Å². The number of alkyl halides is 3. The molecule has 188 valence electrons. The summed E-state index contributed by atoms with van der Waals surface area (Å²) in [6, 6.07) is 6.59. The van der Waals surface area contributed by atoms with Gasteiger partial charge in [-0.05, 0) is 56.5 Å². The van der Waals surface area contributed by atoms with Gasteiger partial charge >= 0.3 is 6.18 Å². The normalized spacial score (nSPS) is 15.6. The zero-order chi connectivity index (χ0) is 25.4. The number of anilines is 2. The molecule has 3 aromatic rings. The van der Waals surface area contributed by atoms with E-state index in [9.17, 15) is 13.2 Å². The number of hydrogen-bond acceptors (Lipinski definition) is 7. The number of nitrogens with one attached hydrogen (secondary N) is 1. The molecule has 1 fully saturated rings. The number of methoxy groups -OCH3 is 2. The molecule has 0 saturated heterocycles. The second-order valence-electron chi connectivity index (χ2n) is 9.11. The van der Waals surface area contributed by atoms with Gasteiger partial charge in [-0.25, -0.2) is 9.97 Å². The van der Waals surface area contributed by atoms with Gasteiger partial charge in [0.15, 0.2) is 11.5 Å². The van der Waals surface area contributed by atoms with Crippen LogP contribution in [0.3, 0.4) is 0 Å². The highest BCUT2D eigenvalue weighted by atomic mass is 19.4. The van der Waals surface area contributed by atoms with Crippen LogP contribution in [0.4, 0.5) is 24.7 Å². The molecule has 10 heteroatoms. The van der Waals surface area contributed by atoms with Crippen molar-refractivity contribution < 1.29 is 27.4 Å². The maximum absolute atomic E-state index is 13.3. The molecule has 1 heterocycles. The van der Waals surface area contributed by atoms with Gasteiger partial charge in [0.05, 0.1) is 37.4 Å². The Labute approximate surface area is 201 Å². The van der Waals surface area contributed by atoms with E-state index >= 15 is 0 Å². The molecule has 3 N–H and O–H groups in total. The first kappa shape index (κ1) is 24.8. The number of fused-ring (bicyclic) bond motifs is 1. The molecule has 0 spiro atoms. The van der Waals surface area contributed by atoms with Crippen LogP contribution >= 0.6 is 0 Å². The molecule has 1 saturated carbocycles. The molecule has 35 heavy (non-hydrogen) atoms. The van der Waals surface area contributed by atoms with Crippen molar-refractivity contribution in [3.8, 4) is 11.5 Å². The van der Waals surface area contributed by atoms with E-state index in [2.05, 4.69) is 15.3 Å².